The van der Waals surface area contributed by atoms with Crippen molar-refractivity contribution in [3.05, 3.63) is 17.5 Å². The Balaban J connectivity index is 2.44. The Labute approximate surface area is 93.0 Å². The van der Waals surface area contributed by atoms with Crippen LogP contribution < -0.4 is 11.1 Å². The van der Waals surface area contributed by atoms with Crippen LogP contribution in [0, 0.1) is 0 Å². The van der Waals surface area contributed by atoms with Crippen LogP contribution in [-0.2, 0) is 4.79 Å². The molecule has 15 heavy (non-hydrogen) atoms. The van der Waals surface area contributed by atoms with Crippen molar-refractivity contribution in [1.29, 1.82) is 0 Å². The molecule has 6 heteroatoms. The van der Waals surface area contributed by atoms with E-state index in [9.17, 15) is 4.79 Å². The highest BCUT2D eigenvalue weighted by Crippen LogP contribution is 2.06. The van der Waals surface area contributed by atoms with Gasteiger partial charge in [0.2, 0.25) is 11.2 Å². The highest BCUT2D eigenvalue weighted by molar-refractivity contribution is 6.28. The molecule has 1 atom stereocenters. The molecule has 5 nitrogen and oxygen atoms in total. The maximum atomic E-state index is 11.4. The van der Waals surface area contributed by atoms with Crippen molar-refractivity contribution in [3.8, 4) is 0 Å². The zero-order chi connectivity index (χ0) is 11.3. The number of aromatic nitrogens is 2. The van der Waals surface area contributed by atoms with Crippen molar-refractivity contribution in [2.45, 2.75) is 25.8 Å². The number of nitrogens with two attached hydrogens (primary N) is 1. The zero-order valence-electron chi connectivity index (χ0n) is 8.40. The van der Waals surface area contributed by atoms with Crippen molar-refractivity contribution >= 4 is 23.3 Å². The number of amides is 1. The molecule has 1 amide bonds. The molecule has 0 fully saturated rings. The molecule has 0 radical (unpaired) electrons. The van der Waals surface area contributed by atoms with Crippen LogP contribution in [0.15, 0.2) is 12.3 Å². The van der Waals surface area contributed by atoms with Gasteiger partial charge < -0.3 is 11.1 Å². The zero-order valence-corrected chi connectivity index (χ0v) is 9.16. The molecule has 3 N–H and O–H groups in total. The van der Waals surface area contributed by atoms with Crippen LogP contribution in [-0.4, -0.2) is 21.9 Å². The molecular formula is C9H13ClN4O. The molecule has 0 spiro atoms. The van der Waals surface area contributed by atoms with Gasteiger partial charge in [-0.1, -0.05) is 0 Å². The molecular weight excluding hydrogens is 216 g/mol. The summed E-state index contributed by atoms with van der Waals surface area (Å²) in [6, 6.07) is 1.60. The van der Waals surface area contributed by atoms with E-state index in [0.717, 1.165) is 0 Å². The van der Waals surface area contributed by atoms with Crippen molar-refractivity contribution in [2.75, 3.05) is 5.32 Å². The van der Waals surface area contributed by atoms with Gasteiger partial charge in [0.1, 0.15) is 5.82 Å². The average molecular weight is 229 g/mol. The minimum Gasteiger partial charge on any atom is -0.328 e. The number of anilines is 1. The lowest BCUT2D eigenvalue weighted by molar-refractivity contribution is -0.116. The van der Waals surface area contributed by atoms with Gasteiger partial charge in [0, 0.05) is 18.7 Å². The fourth-order valence-electron chi connectivity index (χ4n) is 0.969. The number of nitrogens with zero attached hydrogens (tertiary/aromatic N) is 2. The van der Waals surface area contributed by atoms with Gasteiger partial charge in [-0.2, -0.15) is 0 Å². The maximum absolute atomic E-state index is 11.4. The molecule has 1 heterocycles. The van der Waals surface area contributed by atoms with Gasteiger partial charge in [0.15, 0.2) is 0 Å². The Morgan fingerprint density at radius 3 is 3.07 bits per heavy atom. The highest BCUT2D eigenvalue weighted by Gasteiger charge is 2.05. The molecule has 0 bridgehead atoms. The monoisotopic (exact) mass is 228 g/mol. The van der Waals surface area contributed by atoms with Crippen molar-refractivity contribution in [3.63, 3.8) is 0 Å². The Kier molecular flexibility index (Phi) is 4.45. The van der Waals surface area contributed by atoms with Crippen LogP contribution >= 0.6 is 11.6 Å². The van der Waals surface area contributed by atoms with Gasteiger partial charge >= 0.3 is 0 Å². The number of carbonyl (C=O) groups excluding carboxylic acids is 1. The molecule has 0 saturated carbocycles. The third-order valence-electron chi connectivity index (χ3n) is 1.72. The fourth-order valence-corrected chi connectivity index (χ4v) is 1.12. The van der Waals surface area contributed by atoms with E-state index in [1.165, 1.54) is 6.20 Å². The van der Waals surface area contributed by atoms with E-state index in [4.69, 9.17) is 17.3 Å². The van der Waals surface area contributed by atoms with Crippen molar-refractivity contribution in [1.82, 2.24) is 9.97 Å². The normalized spacial score (nSPS) is 12.2. The third kappa shape index (κ3) is 4.71. The molecule has 0 saturated heterocycles. The predicted molar refractivity (Wildman–Crippen MR) is 58.6 cm³/mol. The van der Waals surface area contributed by atoms with E-state index in [-0.39, 0.29) is 17.2 Å². The van der Waals surface area contributed by atoms with Crippen molar-refractivity contribution in [2.24, 2.45) is 5.73 Å². The summed E-state index contributed by atoms with van der Waals surface area (Å²) in [6.45, 7) is 1.86. The molecule has 1 aromatic rings. The number of nitrogens with one attached hydrogen (secondary N) is 1. The van der Waals surface area contributed by atoms with Crippen LogP contribution in [0.5, 0.6) is 0 Å². The molecule has 82 valence electrons. The highest BCUT2D eigenvalue weighted by atomic mass is 35.5. The quantitative estimate of drug-likeness (QED) is 0.759. The lowest BCUT2D eigenvalue weighted by Crippen LogP contribution is -2.19. The van der Waals surface area contributed by atoms with E-state index in [0.29, 0.717) is 18.7 Å². The van der Waals surface area contributed by atoms with Gasteiger partial charge in [-0.3, -0.25) is 4.79 Å². The number of carbonyl (C=O) groups is 1. The minimum atomic E-state index is -0.123. The predicted octanol–water partition coefficient (Wildman–Crippen LogP) is 1.20. The van der Waals surface area contributed by atoms with Gasteiger partial charge in [0.25, 0.3) is 0 Å². The van der Waals surface area contributed by atoms with Crippen LogP contribution in [0.4, 0.5) is 5.82 Å². The molecule has 0 aromatic carbocycles. The fraction of sp³-hybridized carbons (Fsp3) is 0.444. The molecule has 1 rings (SSSR count). The van der Waals surface area contributed by atoms with Gasteiger partial charge in [-0.25, -0.2) is 9.97 Å². The summed E-state index contributed by atoms with van der Waals surface area (Å²) in [5, 5.41) is 2.72. The SMILES string of the molecule is CC(N)CCC(=O)Nc1ccnc(Cl)n1. The summed E-state index contributed by atoms with van der Waals surface area (Å²) in [5.41, 5.74) is 5.53. The van der Waals surface area contributed by atoms with Gasteiger partial charge in [-0.05, 0) is 31.0 Å². The smallest absolute Gasteiger partial charge is 0.225 e. The lowest BCUT2D eigenvalue weighted by atomic mass is 10.2. The maximum Gasteiger partial charge on any atom is 0.225 e. The first-order chi connectivity index (χ1) is 7.08. The second kappa shape index (κ2) is 5.63. The number of halogens is 1. The Morgan fingerprint density at radius 1 is 1.73 bits per heavy atom. The molecule has 1 unspecified atom stereocenters. The second-order valence-electron chi connectivity index (χ2n) is 3.28. The Morgan fingerprint density at radius 2 is 2.47 bits per heavy atom. The van der Waals surface area contributed by atoms with Crippen LogP contribution in [0.25, 0.3) is 0 Å². The Bertz CT molecular complexity index is 343. The van der Waals surface area contributed by atoms with E-state index in [2.05, 4.69) is 15.3 Å². The second-order valence-corrected chi connectivity index (χ2v) is 3.61. The topological polar surface area (TPSA) is 80.9 Å². The average Bonchev–Trinajstić information content (AvgIpc) is 2.15. The number of rotatable bonds is 4. The summed E-state index contributed by atoms with van der Waals surface area (Å²) in [6.07, 6.45) is 2.50. The summed E-state index contributed by atoms with van der Waals surface area (Å²) in [5.74, 6) is 0.284. The molecule has 0 aliphatic heterocycles. The molecule has 1 aromatic heterocycles. The van der Waals surface area contributed by atoms with Crippen LogP contribution in [0.2, 0.25) is 5.28 Å². The van der Waals surface area contributed by atoms with E-state index in [1.54, 1.807) is 6.07 Å². The van der Waals surface area contributed by atoms with Gasteiger partial charge in [0.05, 0.1) is 0 Å². The summed E-state index contributed by atoms with van der Waals surface area (Å²) >= 11 is 5.56. The minimum absolute atomic E-state index is 0.0183. The number of hydrogen-bond donors (Lipinski definition) is 2. The van der Waals surface area contributed by atoms with Crippen LogP contribution in [0.1, 0.15) is 19.8 Å². The molecule has 0 aliphatic carbocycles. The van der Waals surface area contributed by atoms with Gasteiger partial charge in [-0.15, -0.1) is 0 Å². The first-order valence-electron chi connectivity index (χ1n) is 4.62. The van der Waals surface area contributed by atoms with Crippen molar-refractivity contribution < 1.29 is 4.79 Å². The van der Waals surface area contributed by atoms with E-state index >= 15 is 0 Å². The first kappa shape index (κ1) is 11.9. The summed E-state index contributed by atoms with van der Waals surface area (Å²) in [4.78, 5) is 18.9. The largest absolute Gasteiger partial charge is 0.328 e. The summed E-state index contributed by atoms with van der Waals surface area (Å²) < 4.78 is 0. The first-order valence-corrected chi connectivity index (χ1v) is 4.99. The number of hydrogen-bond acceptors (Lipinski definition) is 4. The van der Waals surface area contributed by atoms with E-state index in [1.807, 2.05) is 6.92 Å². The third-order valence-corrected chi connectivity index (χ3v) is 1.90. The lowest BCUT2D eigenvalue weighted by Gasteiger charge is -2.05. The summed E-state index contributed by atoms with van der Waals surface area (Å²) in [7, 11) is 0. The Hall–Kier alpha value is -1.20. The molecule has 0 aliphatic rings. The standard InChI is InChI=1S/C9H13ClN4O/c1-6(11)2-3-8(15)13-7-4-5-12-9(10)14-7/h4-6H,2-3,11H2,1H3,(H,12,13,14,15). The van der Waals surface area contributed by atoms with Crippen LogP contribution in [0.3, 0.4) is 0 Å². The van der Waals surface area contributed by atoms with E-state index < -0.39 is 0 Å².